The summed E-state index contributed by atoms with van der Waals surface area (Å²) in [4.78, 5) is 29.5. The zero-order valence-corrected chi connectivity index (χ0v) is 16.6. The highest BCUT2D eigenvalue weighted by atomic mass is 32.1. The van der Waals surface area contributed by atoms with Crippen molar-refractivity contribution in [2.24, 2.45) is 0 Å². The van der Waals surface area contributed by atoms with Crippen molar-refractivity contribution in [3.63, 3.8) is 0 Å². The molecule has 0 atom stereocenters. The molecule has 1 fully saturated rings. The fourth-order valence-electron chi connectivity index (χ4n) is 3.25. The van der Waals surface area contributed by atoms with Gasteiger partial charge in [0, 0.05) is 37.6 Å². The lowest BCUT2D eigenvalue weighted by Gasteiger charge is -2.36. The molecule has 2 N–H and O–H groups in total. The Morgan fingerprint density at radius 1 is 1.15 bits per heavy atom. The van der Waals surface area contributed by atoms with Crippen LogP contribution in [0.5, 0.6) is 0 Å². The summed E-state index contributed by atoms with van der Waals surface area (Å²) in [6.07, 6.45) is 0. The number of aryl methyl sites for hydroxylation is 1. The number of rotatable bonds is 6. The van der Waals surface area contributed by atoms with Gasteiger partial charge in [-0.2, -0.15) is 0 Å². The Bertz CT molecular complexity index is 783. The van der Waals surface area contributed by atoms with E-state index in [9.17, 15) is 9.59 Å². The zero-order valence-electron chi connectivity index (χ0n) is 15.8. The first kappa shape index (κ1) is 19.4. The summed E-state index contributed by atoms with van der Waals surface area (Å²) in [7, 11) is 0. The topological polar surface area (TPSA) is 64.7 Å². The molecule has 0 radical (unpaired) electrons. The minimum absolute atomic E-state index is 0.0451. The van der Waals surface area contributed by atoms with Gasteiger partial charge >= 0.3 is 0 Å². The quantitative estimate of drug-likeness (QED) is 0.801. The lowest BCUT2D eigenvalue weighted by atomic mass is 10.1. The molecular formula is C20H26N4O2S. The van der Waals surface area contributed by atoms with Gasteiger partial charge in [-0.3, -0.25) is 9.59 Å². The fraction of sp³-hybridized carbons (Fsp3) is 0.400. The number of hydrogen-bond acceptors (Lipinski definition) is 5. The van der Waals surface area contributed by atoms with Gasteiger partial charge in [0.2, 0.25) is 5.91 Å². The number of hydrogen-bond donors (Lipinski definition) is 2. The van der Waals surface area contributed by atoms with E-state index in [0.29, 0.717) is 4.88 Å². The van der Waals surface area contributed by atoms with Crippen molar-refractivity contribution in [1.29, 1.82) is 0 Å². The minimum Gasteiger partial charge on any atom is -0.369 e. The normalized spacial score (nSPS) is 14.8. The Hall–Kier alpha value is -2.38. The smallest absolute Gasteiger partial charge is 0.261 e. The Kier molecular flexibility index (Phi) is 6.47. The van der Waals surface area contributed by atoms with Gasteiger partial charge in [-0.15, -0.1) is 11.3 Å². The second-order valence-electron chi connectivity index (χ2n) is 6.63. The van der Waals surface area contributed by atoms with E-state index in [-0.39, 0.29) is 18.4 Å². The standard InChI is InChI=1S/C20H26N4O2S/c1-3-23-8-10-24(11-9-23)17-7-6-16(13-15(17)2)22-19(25)14-21-20(26)18-5-4-12-27-18/h4-7,12-13H,3,8-11,14H2,1-2H3,(H,21,26)(H,22,25). The number of carbonyl (C=O) groups is 2. The number of carbonyl (C=O) groups excluding carboxylic acids is 2. The van der Waals surface area contributed by atoms with Crippen molar-refractivity contribution < 1.29 is 9.59 Å². The summed E-state index contributed by atoms with van der Waals surface area (Å²) in [5.74, 6) is -0.457. The molecule has 0 unspecified atom stereocenters. The molecule has 0 aliphatic carbocycles. The fourth-order valence-corrected chi connectivity index (χ4v) is 3.89. The minimum atomic E-state index is -0.233. The maximum absolute atomic E-state index is 12.1. The van der Waals surface area contributed by atoms with Crippen LogP contribution in [-0.4, -0.2) is 56.0 Å². The van der Waals surface area contributed by atoms with Crippen LogP contribution in [-0.2, 0) is 4.79 Å². The van der Waals surface area contributed by atoms with Crippen molar-refractivity contribution in [2.45, 2.75) is 13.8 Å². The number of likely N-dealkylation sites (N-methyl/N-ethyl adjacent to an activating group) is 1. The van der Waals surface area contributed by atoms with Gasteiger partial charge in [-0.25, -0.2) is 0 Å². The molecule has 2 amide bonds. The largest absolute Gasteiger partial charge is 0.369 e. The molecule has 2 aromatic rings. The molecule has 1 aromatic heterocycles. The van der Waals surface area contributed by atoms with E-state index in [4.69, 9.17) is 0 Å². The van der Waals surface area contributed by atoms with Crippen LogP contribution in [0.3, 0.4) is 0 Å². The Labute approximate surface area is 164 Å². The Balaban J connectivity index is 1.53. The third kappa shape index (κ3) is 5.08. The van der Waals surface area contributed by atoms with Crippen molar-refractivity contribution >= 4 is 34.5 Å². The molecular weight excluding hydrogens is 360 g/mol. The van der Waals surface area contributed by atoms with E-state index < -0.39 is 0 Å². The molecule has 1 aliphatic rings. The number of nitrogens with one attached hydrogen (secondary N) is 2. The van der Waals surface area contributed by atoms with Crippen molar-refractivity contribution in [3.05, 3.63) is 46.2 Å². The predicted molar refractivity (Wildman–Crippen MR) is 111 cm³/mol. The van der Waals surface area contributed by atoms with Gasteiger partial charge in [0.15, 0.2) is 0 Å². The van der Waals surface area contributed by atoms with Gasteiger partial charge in [-0.1, -0.05) is 13.0 Å². The summed E-state index contributed by atoms with van der Waals surface area (Å²) >= 11 is 1.35. The molecule has 1 aliphatic heterocycles. The molecule has 3 rings (SSSR count). The highest BCUT2D eigenvalue weighted by Crippen LogP contribution is 2.24. The molecule has 6 nitrogen and oxygen atoms in total. The number of thiophene rings is 1. The molecule has 1 aromatic carbocycles. The summed E-state index contributed by atoms with van der Waals surface area (Å²) in [5.41, 5.74) is 3.11. The van der Waals surface area contributed by atoms with E-state index in [1.165, 1.54) is 17.0 Å². The Morgan fingerprint density at radius 2 is 1.93 bits per heavy atom. The molecule has 7 heteroatoms. The molecule has 2 heterocycles. The molecule has 1 saturated heterocycles. The molecule has 0 saturated carbocycles. The van der Waals surface area contributed by atoms with E-state index in [1.807, 2.05) is 23.6 Å². The first-order valence-corrected chi connectivity index (χ1v) is 10.1. The summed E-state index contributed by atoms with van der Waals surface area (Å²) in [6, 6.07) is 9.53. The monoisotopic (exact) mass is 386 g/mol. The van der Waals surface area contributed by atoms with Gasteiger partial charge in [-0.05, 0) is 48.7 Å². The lowest BCUT2D eigenvalue weighted by Crippen LogP contribution is -2.46. The van der Waals surface area contributed by atoms with Crippen LogP contribution < -0.4 is 15.5 Å². The summed E-state index contributed by atoms with van der Waals surface area (Å²) in [6.45, 7) is 9.52. The molecule has 27 heavy (non-hydrogen) atoms. The van der Waals surface area contributed by atoms with Crippen LogP contribution in [0, 0.1) is 6.92 Å². The summed E-state index contributed by atoms with van der Waals surface area (Å²) < 4.78 is 0. The predicted octanol–water partition coefficient (Wildman–Crippen LogP) is 2.57. The average molecular weight is 387 g/mol. The number of piperazine rings is 1. The number of amides is 2. The first-order valence-electron chi connectivity index (χ1n) is 9.26. The van der Waals surface area contributed by atoms with Crippen molar-refractivity contribution in [1.82, 2.24) is 10.2 Å². The van der Waals surface area contributed by atoms with Crippen LogP contribution in [0.2, 0.25) is 0 Å². The zero-order chi connectivity index (χ0) is 19.2. The average Bonchev–Trinajstić information content (AvgIpc) is 3.21. The third-order valence-electron chi connectivity index (χ3n) is 4.80. The molecule has 0 bridgehead atoms. The van der Waals surface area contributed by atoms with Gasteiger partial charge in [0.05, 0.1) is 11.4 Å². The van der Waals surface area contributed by atoms with E-state index >= 15 is 0 Å². The lowest BCUT2D eigenvalue weighted by molar-refractivity contribution is -0.115. The van der Waals surface area contributed by atoms with Gasteiger partial charge in [0.1, 0.15) is 0 Å². The number of nitrogens with zero attached hydrogens (tertiary/aromatic N) is 2. The third-order valence-corrected chi connectivity index (χ3v) is 5.66. The Morgan fingerprint density at radius 3 is 2.56 bits per heavy atom. The van der Waals surface area contributed by atoms with Crippen LogP contribution in [0.15, 0.2) is 35.7 Å². The van der Waals surface area contributed by atoms with Gasteiger partial charge in [0.25, 0.3) is 5.91 Å². The van der Waals surface area contributed by atoms with E-state index in [2.05, 4.69) is 40.3 Å². The van der Waals surface area contributed by atoms with Crippen LogP contribution >= 0.6 is 11.3 Å². The van der Waals surface area contributed by atoms with Crippen molar-refractivity contribution in [3.8, 4) is 0 Å². The van der Waals surface area contributed by atoms with Gasteiger partial charge < -0.3 is 20.4 Å². The maximum Gasteiger partial charge on any atom is 0.261 e. The number of anilines is 2. The highest BCUT2D eigenvalue weighted by Gasteiger charge is 2.17. The maximum atomic E-state index is 12.1. The van der Waals surface area contributed by atoms with E-state index in [1.54, 1.807) is 6.07 Å². The highest BCUT2D eigenvalue weighted by molar-refractivity contribution is 7.12. The van der Waals surface area contributed by atoms with Crippen LogP contribution in [0.4, 0.5) is 11.4 Å². The SMILES string of the molecule is CCN1CCN(c2ccc(NC(=O)CNC(=O)c3cccs3)cc2C)CC1. The van der Waals surface area contributed by atoms with Crippen LogP contribution in [0.1, 0.15) is 22.2 Å². The summed E-state index contributed by atoms with van der Waals surface area (Å²) in [5, 5.41) is 7.33. The van der Waals surface area contributed by atoms with Crippen LogP contribution in [0.25, 0.3) is 0 Å². The second kappa shape index (κ2) is 9.01. The first-order chi connectivity index (χ1) is 13.1. The van der Waals surface area contributed by atoms with E-state index in [0.717, 1.165) is 44.0 Å². The van der Waals surface area contributed by atoms with Crippen molar-refractivity contribution in [2.75, 3.05) is 49.5 Å². The second-order valence-corrected chi connectivity index (χ2v) is 7.58. The molecule has 0 spiro atoms. The molecule has 144 valence electrons. The number of benzene rings is 1.